The molecule has 2 heterocycles. The minimum absolute atomic E-state index is 0.0801. The summed E-state index contributed by atoms with van der Waals surface area (Å²) in [5, 5.41) is 18.0. The maximum Gasteiger partial charge on any atom is 0.226 e. The Morgan fingerprint density at radius 1 is 1.31 bits per heavy atom. The van der Waals surface area contributed by atoms with Crippen molar-refractivity contribution in [2.75, 3.05) is 16.4 Å². The summed E-state index contributed by atoms with van der Waals surface area (Å²) >= 11 is 2.80. The number of anilines is 2. The summed E-state index contributed by atoms with van der Waals surface area (Å²) in [5.41, 5.74) is 0.657. The molecule has 138 valence electrons. The molecule has 0 spiro atoms. The van der Waals surface area contributed by atoms with Crippen LogP contribution in [0.1, 0.15) is 25.7 Å². The van der Waals surface area contributed by atoms with Crippen LogP contribution in [0.4, 0.5) is 10.8 Å². The van der Waals surface area contributed by atoms with Gasteiger partial charge in [0.2, 0.25) is 16.9 Å². The van der Waals surface area contributed by atoms with Gasteiger partial charge in [0.1, 0.15) is 0 Å². The number of carbonyl (C=O) groups is 2. The summed E-state index contributed by atoms with van der Waals surface area (Å²) in [6, 6.07) is 0. The van der Waals surface area contributed by atoms with Crippen LogP contribution in [-0.2, 0) is 16.1 Å². The molecular formula is C16H20N6O2S2. The lowest BCUT2D eigenvalue weighted by molar-refractivity contribution is -0.121. The number of hydrogen-bond acceptors (Lipinski definition) is 7. The maximum atomic E-state index is 12.0. The Hall–Kier alpha value is -2.20. The van der Waals surface area contributed by atoms with Crippen LogP contribution < -0.4 is 10.6 Å². The van der Waals surface area contributed by atoms with Crippen LogP contribution in [0.2, 0.25) is 0 Å². The summed E-state index contributed by atoms with van der Waals surface area (Å²) < 4.78 is 2.61. The minimum atomic E-state index is -0.263. The van der Waals surface area contributed by atoms with Gasteiger partial charge in [0, 0.05) is 31.3 Å². The Labute approximate surface area is 159 Å². The SMILES string of the molecule is C=CCSc1nnc(NC(=O)CCC(=O)Nc2cnn(CC3CC3)c2)s1. The van der Waals surface area contributed by atoms with Crippen LogP contribution in [0.25, 0.3) is 0 Å². The third-order valence-electron chi connectivity index (χ3n) is 3.62. The second-order valence-electron chi connectivity index (χ2n) is 5.96. The number of amides is 2. The van der Waals surface area contributed by atoms with Gasteiger partial charge in [-0.15, -0.1) is 16.8 Å². The molecule has 3 rings (SSSR count). The standard InChI is InChI=1S/C16H20N6O2S2/c1-2-7-25-16-21-20-15(26-16)19-14(24)6-5-13(23)18-12-8-17-22(10-12)9-11-3-4-11/h2,8,10-11H,1,3-7,9H2,(H,18,23)(H,19,20,24). The molecule has 2 aromatic rings. The van der Waals surface area contributed by atoms with Crippen molar-refractivity contribution in [3.8, 4) is 0 Å². The molecule has 1 saturated carbocycles. The van der Waals surface area contributed by atoms with Crippen LogP contribution in [0, 0.1) is 5.92 Å². The molecule has 1 fully saturated rings. The van der Waals surface area contributed by atoms with Gasteiger partial charge in [-0.3, -0.25) is 14.3 Å². The van der Waals surface area contributed by atoms with Crippen LogP contribution in [0.3, 0.4) is 0 Å². The number of nitrogens with one attached hydrogen (secondary N) is 2. The van der Waals surface area contributed by atoms with Crippen LogP contribution >= 0.6 is 23.1 Å². The van der Waals surface area contributed by atoms with E-state index in [1.54, 1.807) is 12.3 Å². The van der Waals surface area contributed by atoms with Gasteiger partial charge >= 0.3 is 0 Å². The molecule has 0 atom stereocenters. The van der Waals surface area contributed by atoms with E-state index in [1.807, 2.05) is 10.9 Å². The summed E-state index contributed by atoms with van der Waals surface area (Å²) in [6.07, 6.45) is 7.90. The second-order valence-corrected chi connectivity index (χ2v) is 8.21. The van der Waals surface area contributed by atoms with Crippen molar-refractivity contribution in [1.82, 2.24) is 20.0 Å². The number of carbonyl (C=O) groups excluding carboxylic acids is 2. The molecule has 2 N–H and O–H groups in total. The van der Waals surface area contributed by atoms with Gasteiger partial charge in [-0.1, -0.05) is 29.2 Å². The highest BCUT2D eigenvalue weighted by atomic mass is 32.2. The van der Waals surface area contributed by atoms with E-state index in [4.69, 9.17) is 0 Å². The molecule has 1 aliphatic carbocycles. The summed E-state index contributed by atoms with van der Waals surface area (Å²) in [5.74, 6) is 0.977. The first-order valence-corrected chi connectivity index (χ1v) is 10.1. The molecule has 0 unspecified atom stereocenters. The van der Waals surface area contributed by atoms with Crippen molar-refractivity contribution in [2.45, 2.75) is 36.6 Å². The highest BCUT2D eigenvalue weighted by molar-refractivity contribution is 8.01. The van der Waals surface area contributed by atoms with Crippen LogP contribution in [0.15, 0.2) is 29.4 Å². The first kappa shape index (κ1) is 18.6. The minimum Gasteiger partial charge on any atom is -0.323 e. The third-order valence-corrected chi connectivity index (χ3v) is 5.58. The number of hydrogen-bond donors (Lipinski definition) is 2. The van der Waals surface area contributed by atoms with Crippen molar-refractivity contribution < 1.29 is 9.59 Å². The van der Waals surface area contributed by atoms with E-state index in [9.17, 15) is 9.59 Å². The Bertz CT molecular complexity index is 783. The molecule has 2 aromatic heterocycles. The molecule has 2 amide bonds. The van der Waals surface area contributed by atoms with Crippen molar-refractivity contribution in [2.24, 2.45) is 5.92 Å². The summed E-state index contributed by atoms with van der Waals surface area (Å²) in [6.45, 7) is 4.54. The predicted molar refractivity (Wildman–Crippen MR) is 102 cm³/mol. The molecule has 0 saturated heterocycles. The third kappa shape index (κ3) is 5.95. The van der Waals surface area contributed by atoms with Gasteiger partial charge in [-0.25, -0.2) is 0 Å². The number of rotatable bonds is 10. The van der Waals surface area contributed by atoms with Gasteiger partial charge in [-0.2, -0.15) is 5.10 Å². The van der Waals surface area contributed by atoms with Gasteiger partial charge in [0.15, 0.2) is 4.34 Å². The first-order valence-electron chi connectivity index (χ1n) is 8.31. The fourth-order valence-corrected chi connectivity index (χ4v) is 3.70. The predicted octanol–water partition coefficient (Wildman–Crippen LogP) is 2.78. The molecule has 0 bridgehead atoms. The monoisotopic (exact) mass is 392 g/mol. The van der Waals surface area contributed by atoms with Gasteiger partial charge < -0.3 is 10.6 Å². The van der Waals surface area contributed by atoms with Gasteiger partial charge in [0.25, 0.3) is 0 Å². The van der Waals surface area contributed by atoms with E-state index in [-0.39, 0.29) is 24.7 Å². The Morgan fingerprint density at radius 2 is 2.08 bits per heavy atom. The van der Waals surface area contributed by atoms with Crippen molar-refractivity contribution in [3.63, 3.8) is 0 Å². The molecule has 10 heteroatoms. The average Bonchev–Trinajstić information content (AvgIpc) is 3.14. The van der Waals surface area contributed by atoms with Crippen molar-refractivity contribution in [3.05, 3.63) is 25.0 Å². The largest absolute Gasteiger partial charge is 0.323 e. The average molecular weight is 393 g/mol. The molecule has 0 radical (unpaired) electrons. The Balaban J connectivity index is 1.37. The normalized spacial score (nSPS) is 13.4. The van der Waals surface area contributed by atoms with E-state index in [0.717, 1.165) is 22.6 Å². The van der Waals surface area contributed by atoms with Gasteiger partial charge in [-0.05, 0) is 18.8 Å². The maximum absolute atomic E-state index is 12.0. The lowest BCUT2D eigenvalue weighted by atomic mass is 10.3. The smallest absolute Gasteiger partial charge is 0.226 e. The number of nitrogens with zero attached hydrogens (tertiary/aromatic N) is 4. The van der Waals surface area contributed by atoms with E-state index >= 15 is 0 Å². The molecule has 26 heavy (non-hydrogen) atoms. The highest BCUT2D eigenvalue weighted by Crippen LogP contribution is 2.30. The highest BCUT2D eigenvalue weighted by Gasteiger charge is 2.22. The van der Waals surface area contributed by atoms with Gasteiger partial charge in [0.05, 0.1) is 11.9 Å². The van der Waals surface area contributed by atoms with Crippen LogP contribution in [-0.4, -0.2) is 37.5 Å². The molecule has 8 nitrogen and oxygen atoms in total. The van der Waals surface area contributed by atoms with E-state index < -0.39 is 0 Å². The van der Waals surface area contributed by atoms with Crippen molar-refractivity contribution >= 4 is 45.7 Å². The zero-order valence-corrected chi connectivity index (χ0v) is 15.8. The second kappa shape index (κ2) is 8.95. The molecule has 1 aliphatic rings. The quantitative estimate of drug-likeness (QED) is 0.366. The fourth-order valence-electron chi connectivity index (χ4n) is 2.17. The number of thioether (sulfide) groups is 1. The lowest BCUT2D eigenvalue weighted by Crippen LogP contribution is -2.17. The number of aromatic nitrogens is 4. The fraction of sp³-hybridized carbons (Fsp3) is 0.438. The van der Waals surface area contributed by atoms with E-state index in [0.29, 0.717) is 10.8 Å². The molecular weight excluding hydrogens is 372 g/mol. The zero-order valence-electron chi connectivity index (χ0n) is 14.2. The Morgan fingerprint density at radius 3 is 2.81 bits per heavy atom. The zero-order chi connectivity index (χ0) is 18.4. The topological polar surface area (TPSA) is 102 Å². The lowest BCUT2D eigenvalue weighted by Gasteiger charge is -2.03. The molecule has 0 aliphatic heterocycles. The summed E-state index contributed by atoms with van der Waals surface area (Å²) in [4.78, 5) is 23.9. The Kier molecular flexibility index (Phi) is 6.40. The van der Waals surface area contributed by atoms with E-state index in [1.165, 1.54) is 35.9 Å². The molecule has 0 aromatic carbocycles. The van der Waals surface area contributed by atoms with Crippen molar-refractivity contribution in [1.29, 1.82) is 0 Å². The van der Waals surface area contributed by atoms with Crippen LogP contribution in [0.5, 0.6) is 0 Å². The summed E-state index contributed by atoms with van der Waals surface area (Å²) in [7, 11) is 0. The van der Waals surface area contributed by atoms with E-state index in [2.05, 4.69) is 32.5 Å². The first-order chi connectivity index (χ1) is 12.6.